The molecule has 1 fully saturated rings. The van der Waals surface area contributed by atoms with Gasteiger partial charge in [-0.1, -0.05) is 90.5 Å². The number of hydrogen-bond donors (Lipinski definition) is 0. The molecule has 30 heavy (non-hydrogen) atoms. The Kier molecular flexibility index (Phi) is 6.41. The van der Waals surface area contributed by atoms with Crippen LogP contribution in [-0.4, -0.2) is 41.9 Å². The summed E-state index contributed by atoms with van der Waals surface area (Å²) in [6.45, 7) is 5.27. The van der Waals surface area contributed by atoms with Crippen molar-refractivity contribution in [3.63, 3.8) is 0 Å². The van der Waals surface area contributed by atoms with Gasteiger partial charge in [0.25, 0.3) is 0 Å². The van der Waals surface area contributed by atoms with E-state index in [1.807, 2.05) is 23.1 Å². The zero-order valence-corrected chi connectivity index (χ0v) is 17.4. The maximum atomic E-state index is 12.7. The fraction of sp³-hybridized carbons (Fsp3) is 0.222. The summed E-state index contributed by atoms with van der Waals surface area (Å²) in [5.74, 6) is 0.0891. The summed E-state index contributed by atoms with van der Waals surface area (Å²) in [4.78, 5) is 17.1. The Morgan fingerprint density at radius 2 is 1.30 bits per heavy atom. The van der Waals surface area contributed by atoms with E-state index >= 15 is 0 Å². The molecule has 3 aromatic carbocycles. The molecule has 0 radical (unpaired) electrons. The van der Waals surface area contributed by atoms with Gasteiger partial charge in [-0.25, -0.2) is 0 Å². The van der Waals surface area contributed by atoms with E-state index in [9.17, 15) is 4.79 Å². The van der Waals surface area contributed by atoms with Gasteiger partial charge in [-0.2, -0.15) is 0 Å². The zero-order valence-electron chi connectivity index (χ0n) is 17.4. The molecule has 0 spiro atoms. The van der Waals surface area contributed by atoms with E-state index in [0.29, 0.717) is 0 Å². The highest BCUT2D eigenvalue weighted by Gasteiger charge is 2.27. The quantitative estimate of drug-likeness (QED) is 0.570. The number of carbonyl (C=O) groups excluding carboxylic acids is 1. The van der Waals surface area contributed by atoms with Crippen LogP contribution in [0, 0.1) is 6.92 Å². The van der Waals surface area contributed by atoms with Crippen LogP contribution in [0.15, 0.2) is 91.0 Å². The van der Waals surface area contributed by atoms with Crippen LogP contribution in [0.4, 0.5) is 0 Å². The van der Waals surface area contributed by atoms with Crippen molar-refractivity contribution in [3.05, 3.63) is 113 Å². The molecule has 0 N–H and O–H groups in total. The first-order valence-electron chi connectivity index (χ1n) is 10.6. The molecule has 1 heterocycles. The fourth-order valence-corrected chi connectivity index (χ4v) is 4.04. The van der Waals surface area contributed by atoms with Crippen molar-refractivity contribution < 1.29 is 4.79 Å². The molecule has 3 heteroatoms. The van der Waals surface area contributed by atoms with Gasteiger partial charge in [-0.15, -0.1) is 0 Å². The van der Waals surface area contributed by atoms with Crippen LogP contribution >= 0.6 is 0 Å². The normalized spacial score (nSPS) is 15.1. The van der Waals surface area contributed by atoms with Gasteiger partial charge in [0.15, 0.2) is 0 Å². The largest absolute Gasteiger partial charge is 0.337 e. The van der Waals surface area contributed by atoms with Crippen molar-refractivity contribution in [1.82, 2.24) is 9.80 Å². The third kappa shape index (κ3) is 4.87. The summed E-state index contributed by atoms with van der Waals surface area (Å²) in [6, 6.07) is 29.7. The summed E-state index contributed by atoms with van der Waals surface area (Å²) >= 11 is 0. The van der Waals surface area contributed by atoms with E-state index in [-0.39, 0.29) is 11.9 Å². The molecular formula is C27H28N2O. The summed E-state index contributed by atoms with van der Waals surface area (Å²) in [5, 5.41) is 0. The molecule has 0 unspecified atom stereocenters. The van der Waals surface area contributed by atoms with Crippen molar-refractivity contribution in [3.8, 4) is 0 Å². The van der Waals surface area contributed by atoms with Crippen LogP contribution in [0.25, 0.3) is 6.08 Å². The van der Waals surface area contributed by atoms with E-state index in [1.165, 1.54) is 16.7 Å². The lowest BCUT2D eigenvalue weighted by atomic mass is 9.96. The lowest BCUT2D eigenvalue weighted by molar-refractivity contribution is -0.127. The van der Waals surface area contributed by atoms with E-state index in [2.05, 4.69) is 84.6 Å². The van der Waals surface area contributed by atoms with Gasteiger partial charge >= 0.3 is 0 Å². The van der Waals surface area contributed by atoms with E-state index in [4.69, 9.17) is 0 Å². The molecule has 0 bridgehead atoms. The second-order valence-corrected chi connectivity index (χ2v) is 7.83. The molecule has 0 atom stereocenters. The number of piperazine rings is 1. The fourth-order valence-electron chi connectivity index (χ4n) is 4.04. The lowest BCUT2D eigenvalue weighted by Gasteiger charge is -2.39. The molecule has 1 aliphatic rings. The minimum absolute atomic E-state index is 0.0891. The Morgan fingerprint density at radius 1 is 0.767 bits per heavy atom. The number of benzene rings is 3. The molecule has 3 aromatic rings. The SMILES string of the molecule is Cc1ccc(C=CC(=O)N2CCN(C(c3ccccc3)c3ccccc3)CC2)cc1. The Balaban J connectivity index is 1.43. The van der Waals surface area contributed by atoms with Crippen LogP contribution < -0.4 is 0 Å². The first kappa shape index (κ1) is 20.1. The standard InChI is InChI=1S/C27H28N2O/c1-22-12-14-23(15-13-22)16-17-26(30)28-18-20-29(21-19-28)27(24-8-4-2-5-9-24)25-10-6-3-7-11-25/h2-17,27H,18-21H2,1H3. The average Bonchev–Trinajstić information content (AvgIpc) is 2.81. The molecule has 1 amide bonds. The van der Waals surface area contributed by atoms with Gasteiger partial charge in [-0.05, 0) is 29.7 Å². The first-order chi connectivity index (χ1) is 14.7. The predicted octanol–water partition coefficient (Wildman–Crippen LogP) is 4.94. The van der Waals surface area contributed by atoms with E-state index < -0.39 is 0 Å². The third-order valence-electron chi connectivity index (χ3n) is 5.72. The minimum atomic E-state index is 0.0891. The van der Waals surface area contributed by atoms with Crippen molar-refractivity contribution in [2.45, 2.75) is 13.0 Å². The topological polar surface area (TPSA) is 23.6 Å². The van der Waals surface area contributed by atoms with E-state index in [1.54, 1.807) is 6.08 Å². The Labute approximate surface area is 179 Å². The summed E-state index contributed by atoms with van der Waals surface area (Å²) < 4.78 is 0. The summed E-state index contributed by atoms with van der Waals surface area (Å²) in [5.41, 5.74) is 4.87. The number of carbonyl (C=O) groups is 1. The number of rotatable bonds is 5. The molecule has 1 aliphatic heterocycles. The second-order valence-electron chi connectivity index (χ2n) is 7.83. The Hall–Kier alpha value is -3.17. The second kappa shape index (κ2) is 9.55. The van der Waals surface area contributed by atoms with Crippen molar-refractivity contribution in [2.24, 2.45) is 0 Å². The highest BCUT2D eigenvalue weighted by atomic mass is 16.2. The van der Waals surface area contributed by atoms with Gasteiger partial charge in [0.05, 0.1) is 6.04 Å². The van der Waals surface area contributed by atoms with Gasteiger partial charge in [-0.3, -0.25) is 9.69 Å². The molecule has 4 rings (SSSR count). The summed E-state index contributed by atoms with van der Waals surface area (Å²) in [7, 11) is 0. The number of nitrogens with zero attached hydrogens (tertiary/aromatic N) is 2. The van der Waals surface area contributed by atoms with Gasteiger partial charge in [0.2, 0.25) is 5.91 Å². The van der Waals surface area contributed by atoms with Crippen LogP contribution in [0.3, 0.4) is 0 Å². The van der Waals surface area contributed by atoms with Gasteiger partial charge in [0, 0.05) is 32.3 Å². The maximum absolute atomic E-state index is 12.7. The molecule has 0 aromatic heterocycles. The smallest absolute Gasteiger partial charge is 0.246 e. The third-order valence-corrected chi connectivity index (χ3v) is 5.72. The highest BCUT2D eigenvalue weighted by molar-refractivity contribution is 5.91. The lowest BCUT2D eigenvalue weighted by Crippen LogP contribution is -2.49. The van der Waals surface area contributed by atoms with Gasteiger partial charge in [0.1, 0.15) is 0 Å². The van der Waals surface area contributed by atoms with Crippen LogP contribution in [0.1, 0.15) is 28.3 Å². The first-order valence-corrected chi connectivity index (χ1v) is 10.6. The monoisotopic (exact) mass is 396 g/mol. The zero-order chi connectivity index (χ0) is 20.8. The van der Waals surface area contributed by atoms with Gasteiger partial charge < -0.3 is 4.90 Å². The number of amides is 1. The molecule has 3 nitrogen and oxygen atoms in total. The number of hydrogen-bond acceptors (Lipinski definition) is 2. The molecular weight excluding hydrogens is 368 g/mol. The molecule has 152 valence electrons. The van der Waals surface area contributed by atoms with Crippen LogP contribution in [-0.2, 0) is 4.79 Å². The Bertz CT molecular complexity index is 933. The number of aryl methyl sites for hydroxylation is 1. The molecule has 1 saturated heterocycles. The maximum Gasteiger partial charge on any atom is 0.246 e. The highest BCUT2D eigenvalue weighted by Crippen LogP contribution is 2.29. The minimum Gasteiger partial charge on any atom is -0.337 e. The van der Waals surface area contributed by atoms with E-state index in [0.717, 1.165) is 31.7 Å². The molecule has 0 aliphatic carbocycles. The molecule has 0 saturated carbocycles. The van der Waals surface area contributed by atoms with Crippen LogP contribution in [0.2, 0.25) is 0 Å². The van der Waals surface area contributed by atoms with Crippen molar-refractivity contribution >= 4 is 12.0 Å². The Morgan fingerprint density at radius 3 is 1.83 bits per heavy atom. The predicted molar refractivity (Wildman–Crippen MR) is 123 cm³/mol. The van der Waals surface area contributed by atoms with Crippen molar-refractivity contribution in [1.29, 1.82) is 0 Å². The van der Waals surface area contributed by atoms with Crippen molar-refractivity contribution in [2.75, 3.05) is 26.2 Å². The summed E-state index contributed by atoms with van der Waals surface area (Å²) in [6.07, 6.45) is 3.61. The average molecular weight is 397 g/mol. The van der Waals surface area contributed by atoms with Crippen LogP contribution in [0.5, 0.6) is 0 Å².